The third kappa shape index (κ3) is 3.96. The fraction of sp³-hybridized carbons (Fsp3) is 0.583. The van der Waals surface area contributed by atoms with Crippen molar-refractivity contribution in [3.63, 3.8) is 0 Å². The summed E-state index contributed by atoms with van der Waals surface area (Å²) < 4.78 is 52.4. The predicted molar refractivity (Wildman–Crippen MR) is 114 cm³/mol. The summed E-state index contributed by atoms with van der Waals surface area (Å²) in [6, 6.07) is 1.96. The predicted octanol–water partition coefficient (Wildman–Crippen LogP) is 3.18. The molecule has 0 aromatic carbocycles. The van der Waals surface area contributed by atoms with E-state index < -0.39 is 23.7 Å². The molecule has 1 aromatic rings. The van der Waals surface area contributed by atoms with Gasteiger partial charge in [-0.2, -0.15) is 17.7 Å². The van der Waals surface area contributed by atoms with Crippen molar-refractivity contribution < 1.29 is 36.8 Å². The summed E-state index contributed by atoms with van der Waals surface area (Å²) in [4.78, 5) is 31.2. The second kappa shape index (κ2) is 8.39. The van der Waals surface area contributed by atoms with E-state index in [4.69, 9.17) is 9.47 Å². The number of nitrogens with zero attached hydrogens (tertiary/aromatic N) is 3. The zero-order chi connectivity index (χ0) is 24.2. The summed E-state index contributed by atoms with van der Waals surface area (Å²) in [6.07, 6.45) is -0.967. The summed E-state index contributed by atoms with van der Waals surface area (Å²) in [5.74, 6) is 0.0852. The zero-order valence-corrected chi connectivity index (χ0v) is 19.1. The Balaban J connectivity index is 1.23. The summed E-state index contributed by atoms with van der Waals surface area (Å²) >= 11 is 0. The first-order chi connectivity index (χ1) is 16.2. The Hall–Kier alpha value is -2.91. The van der Waals surface area contributed by atoms with Crippen LogP contribution in [-0.4, -0.2) is 63.9 Å². The number of carbonyl (C=O) groups is 2. The Kier molecular flexibility index (Phi) is 5.64. The number of hydrogen-bond acceptors (Lipinski definition) is 5. The number of likely N-dealkylation sites (tertiary alicyclic amines) is 1. The molecule has 7 nitrogen and oxygen atoms in total. The first-order valence-corrected chi connectivity index (χ1v) is 11.7. The molecule has 1 saturated carbocycles. The number of carbonyl (C=O) groups excluding carboxylic acids is 2. The third-order valence-corrected chi connectivity index (χ3v) is 7.18. The Morgan fingerprint density at radius 2 is 2.09 bits per heavy atom. The van der Waals surface area contributed by atoms with Crippen molar-refractivity contribution in [2.75, 3.05) is 19.7 Å². The molecule has 10 heteroatoms. The summed E-state index contributed by atoms with van der Waals surface area (Å²) in [5, 5.41) is 0. The van der Waals surface area contributed by atoms with Crippen molar-refractivity contribution >= 4 is 17.6 Å². The molecule has 2 fully saturated rings. The van der Waals surface area contributed by atoms with Gasteiger partial charge in [-0.05, 0) is 38.3 Å². The highest BCUT2D eigenvalue weighted by atomic mass is 19.4. The Morgan fingerprint density at radius 3 is 2.79 bits per heavy atom. The minimum atomic E-state index is -4.55. The Labute approximate surface area is 195 Å². The molecule has 2 aliphatic heterocycles. The lowest BCUT2D eigenvalue weighted by Gasteiger charge is -2.37. The van der Waals surface area contributed by atoms with Crippen LogP contribution in [0.3, 0.4) is 0 Å². The van der Waals surface area contributed by atoms with Crippen LogP contribution in [0.5, 0.6) is 5.88 Å². The number of piperidine rings is 1. The van der Waals surface area contributed by atoms with Gasteiger partial charge in [0.25, 0.3) is 5.91 Å². The number of allylic oxidation sites excluding steroid dienone is 1. The number of pyridine rings is 1. The number of alkyl halides is 3. The number of halogens is 3. The van der Waals surface area contributed by atoms with Crippen LogP contribution in [0.4, 0.5) is 13.2 Å². The number of aromatic nitrogens is 1. The number of rotatable bonds is 6. The van der Waals surface area contributed by atoms with Gasteiger partial charge in [0.2, 0.25) is 12.4 Å². The van der Waals surface area contributed by atoms with Crippen LogP contribution >= 0.6 is 0 Å². The van der Waals surface area contributed by atoms with E-state index in [1.54, 1.807) is 16.4 Å². The van der Waals surface area contributed by atoms with Gasteiger partial charge in [0.15, 0.2) is 5.70 Å². The van der Waals surface area contributed by atoms with Crippen LogP contribution < -0.4 is 4.74 Å². The van der Waals surface area contributed by atoms with Gasteiger partial charge in [0.1, 0.15) is 17.2 Å². The van der Waals surface area contributed by atoms with Crippen molar-refractivity contribution in [3.05, 3.63) is 35.2 Å². The maximum absolute atomic E-state index is 13.2. The molecule has 4 atom stereocenters. The van der Waals surface area contributed by atoms with Gasteiger partial charge in [-0.3, -0.25) is 4.79 Å². The van der Waals surface area contributed by atoms with E-state index in [2.05, 4.69) is 4.98 Å². The van der Waals surface area contributed by atoms with E-state index in [1.165, 1.54) is 12.3 Å². The highest BCUT2D eigenvalue weighted by Crippen LogP contribution is 2.58. The third-order valence-electron chi connectivity index (χ3n) is 7.18. The van der Waals surface area contributed by atoms with E-state index >= 15 is 0 Å². The summed E-state index contributed by atoms with van der Waals surface area (Å²) in [7, 11) is 0. The number of esters is 1. The van der Waals surface area contributed by atoms with Gasteiger partial charge in [-0.25, -0.2) is 9.78 Å². The molecule has 5 rings (SSSR count). The zero-order valence-electron chi connectivity index (χ0n) is 19.1. The summed E-state index contributed by atoms with van der Waals surface area (Å²) in [5.41, 5.74) is 1.78. The molecule has 182 valence electrons. The standard InChI is InChI=1S/C24H27F3N3O4/c1-3-33-23(32)21-20-16-10-14(16)11-18(20)30(21)12-19(31)29-8-6-15(9-13(29)2)34-22-17(24(25,26)27)5-4-7-28-22/h4-5,7,13-16H,3,6,8-12H2,1-2H3/q+1/t13-,14+,15+,16+/m0/s1. The minimum Gasteiger partial charge on any atom is -0.474 e. The highest BCUT2D eigenvalue weighted by Gasteiger charge is 2.62. The molecule has 4 aliphatic rings. The minimum absolute atomic E-state index is 0.0702. The van der Waals surface area contributed by atoms with Gasteiger partial charge >= 0.3 is 17.9 Å². The number of fused-ring (bicyclic) bond motifs is 2. The maximum Gasteiger partial charge on any atom is 0.421 e. The van der Waals surface area contributed by atoms with Gasteiger partial charge in [-0.1, -0.05) is 0 Å². The van der Waals surface area contributed by atoms with Crippen LogP contribution in [0.1, 0.15) is 45.1 Å². The number of ether oxygens (including phenoxy) is 2. The van der Waals surface area contributed by atoms with Crippen LogP contribution in [0.2, 0.25) is 0 Å². The van der Waals surface area contributed by atoms with Crippen molar-refractivity contribution in [3.8, 4) is 5.88 Å². The van der Waals surface area contributed by atoms with E-state index in [-0.39, 0.29) is 31.1 Å². The Bertz CT molecular complexity index is 1100. The molecule has 1 saturated heterocycles. The number of amides is 1. The van der Waals surface area contributed by atoms with Gasteiger partial charge in [0, 0.05) is 44.0 Å². The van der Waals surface area contributed by atoms with Crippen molar-refractivity contribution in [1.29, 1.82) is 0 Å². The first kappa shape index (κ1) is 22.9. The van der Waals surface area contributed by atoms with Crippen LogP contribution in [0.25, 0.3) is 0 Å². The van der Waals surface area contributed by atoms with Crippen LogP contribution in [-0.2, 0) is 20.5 Å². The van der Waals surface area contributed by atoms with Crippen molar-refractivity contribution in [2.45, 2.75) is 57.9 Å². The molecule has 1 amide bonds. The van der Waals surface area contributed by atoms with Crippen molar-refractivity contribution in [1.82, 2.24) is 9.88 Å². The number of hydrogen-bond donors (Lipinski definition) is 0. The fourth-order valence-electron chi connectivity index (χ4n) is 5.48. The molecule has 2 aliphatic carbocycles. The lowest BCUT2D eigenvalue weighted by molar-refractivity contribution is -0.480. The highest BCUT2D eigenvalue weighted by molar-refractivity contribution is 6.43. The monoisotopic (exact) mass is 478 g/mol. The lowest BCUT2D eigenvalue weighted by atomic mass is 9.97. The maximum atomic E-state index is 13.2. The molecule has 0 radical (unpaired) electrons. The molecule has 0 spiro atoms. The normalized spacial score (nSPS) is 27.7. The van der Waals surface area contributed by atoms with E-state index in [1.807, 2.05) is 6.92 Å². The molecule has 0 N–H and O–H groups in total. The first-order valence-electron chi connectivity index (χ1n) is 11.7. The molecular formula is C24H27F3N3O4+. The second-order valence-corrected chi connectivity index (χ2v) is 9.38. The van der Waals surface area contributed by atoms with E-state index in [0.717, 1.165) is 30.2 Å². The molecule has 1 aromatic heterocycles. The second-order valence-electron chi connectivity index (χ2n) is 9.38. The quantitative estimate of drug-likeness (QED) is 0.464. The van der Waals surface area contributed by atoms with Crippen LogP contribution in [0.15, 0.2) is 29.6 Å². The fourth-order valence-corrected chi connectivity index (χ4v) is 5.48. The van der Waals surface area contributed by atoms with Gasteiger partial charge in [0.05, 0.1) is 6.61 Å². The topological polar surface area (TPSA) is 71.7 Å². The van der Waals surface area contributed by atoms with Gasteiger partial charge < -0.3 is 14.4 Å². The van der Waals surface area contributed by atoms with Crippen molar-refractivity contribution in [2.24, 2.45) is 11.8 Å². The van der Waals surface area contributed by atoms with E-state index in [0.29, 0.717) is 36.9 Å². The SMILES string of the molecule is CCOC(=O)C1=[N+](CC(=O)N2CC[C@@H](Oc3ncccc3C(F)(F)F)C[C@@H]2C)C2=C1[C@@H]1C[C@@H]1C2. The molecule has 34 heavy (non-hydrogen) atoms. The average Bonchev–Trinajstić information content (AvgIpc) is 3.45. The largest absolute Gasteiger partial charge is 0.474 e. The van der Waals surface area contributed by atoms with E-state index in [9.17, 15) is 22.8 Å². The molecule has 0 unspecified atom stereocenters. The molecule has 0 bridgehead atoms. The smallest absolute Gasteiger partial charge is 0.421 e. The lowest BCUT2D eigenvalue weighted by Crippen LogP contribution is -2.51. The van der Waals surface area contributed by atoms with Gasteiger partial charge in [-0.15, -0.1) is 0 Å². The average molecular weight is 478 g/mol. The Morgan fingerprint density at radius 1 is 1.29 bits per heavy atom. The van der Waals surface area contributed by atoms with Crippen LogP contribution in [0, 0.1) is 11.8 Å². The molecule has 3 heterocycles. The summed E-state index contributed by atoms with van der Waals surface area (Å²) in [6.45, 7) is 4.32. The molecular weight excluding hydrogens is 451 g/mol.